The average Bonchev–Trinajstić information content (AvgIpc) is 2.84. The molecule has 2 rings (SSSR count). The van der Waals surface area contributed by atoms with Gasteiger partial charge < -0.3 is 10.5 Å². The molecule has 0 aromatic carbocycles. The Balaban J connectivity index is 2.05. The van der Waals surface area contributed by atoms with Gasteiger partial charge in [0.25, 0.3) is 0 Å². The van der Waals surface area contributed by atoms with E-state index in [0.717, 1.165) is 25.9 Å². The maximum absolute atomic E-state index is 12.4. The van der Waals surface area contributed by atoms with Gasteiger partial charge in [0.2, 0.25) is 0 Å². The summed E-state index contributed by atoms with van der Waals surface area (Å²) in [4.78, 5) is 14.6. The standard InChI is InChI=1S/C13H22N4O2/c1-3-17-13(12(19-2)8-15-17)11(18)9-16-6-4-10(14)5-7-16/h8,10H,3-7,9,14H2,1-2H3. The quantitative estimate of drug-likeness (QED) is 0.786. The van der Waals surface area contributed by atoms with Crippen LogP contribution in [0.3, 0.4) is 0 Å². The van der Waals surface area contributed by atoms with Crippen LogP contribution in [0.2, 0.25) is 0 Å². The van der Waals surface area contributed by atoms with Gasteiger partial charge in [0, 0.05) is 25.7 Å². The van der Waals surface area contributed by atoms with Crippen molar-refractivity contribution in [2.24, 2.45) is 5.73 Å². The third-order valence-electron chi connectivity index (χ3n) is 3.59. The summed E-state index contributed by atoms with van der Waals surface area (Å²) in [6.45, 7) is 4.80. The first-order chi connectivity index (χ1) is 9.15. The van der Waals surface area contributed by atoms with E-state index in [9.17, 15) is 4.79 Å². The van der Waals surface area contributed by atoms with Gasteiger partial charge in [-0.25, -0.2) is 0 Å². The monoisotopic (exact) mass is 266 g/mol. The lowest BCUT2D eigenvalue weighted by atomic mass is 10.1. The molecule has 1 aliphatic rings. The first-order valence-corrected chi connectivity index (χ1v) is 6.76. The Bertz CT molecular complexity index is 414. The Morgan fingerprint density at radius 3 is 2.79 bits per heavy atom. The predicted molar refractivity (Wildman–Crippen MR) is 72.4 cm³/mol. The molecule has 1 aromatic rings. The summed E-state index contributed by atoms with van der Waals surface area (Å²) in [6.07, 6.45) is 3.51. The zero-order chi connectivity index (χ0) is 13.8. The molecular weight excluding hydrogens is 244 g/mol. The Morgan fingerprint density at radius 1 is 1.53 bits per heavy atom. The molecule has 0 aliphatic carbocycles. The van der Waals surface area contributed by atoms with Crippen molar-refractivity contribution in [3.8, 4) is 5.75 Å². The number of Topliss-reactive ketones (excluding diaryl/α,β-unsaturated/α-hetero) is 1. The third-order valence-corrected chi connectivity index (χ3v) is 3.59. The molecule has 2 N–H and O–H groups in total. The van der Waals surface area contributed by atoms with Gasteiger partial charge in [-0.1, -0.05) is 0 Å². The second-order valence-corrected chi connectivity index (χ2v) is 4.91. The van der Waals surface area contributed by atoms with Crippen LogP contribution in [0, 0.1) is 0 Å². The topological polar surface area (TPSA) is 73.4 Å². The van der Waals surface area contributed by atoms with Gasteiger partial charge in [0.15, 0.2) is 11.5 Å². The molecule has 0 atom stereocenters. The number of ketones is 1. The van der Waals surface area contributed by atoms with Crippen molar-refractivity contribution in [2.75, 3.05) is 26.7 Å². The summed E-state index contributed by atoms with van der Waals surface area (Å²) in [6, 6.07) is 0.280. The highest BCUT2D eigenvalue weighted by Gasteiger charge is 2.23. The van der Waals surface area contributed by atoms with Gasteiger partial charge in [-0.2, -0.15) is 5.10 Å². The van der Waals surface area contributed by atoms with Crippen molar-refractivity contribution >= 4 is 5.78 Å². The van der Waals surface area contributed by atoms with Crippen LogP contribution in [-0.2, 0) is 6.54 Å². The van der Waals surface area contributed by atoms with Crippen molar-refractivity contribution in [1.29, 1.82) is 0 Å². The lowest BCUT2D eigenvalue weighted by Crippen LogP contribution is -2.42. The number of methoxy groups -OCH3 is 1. The molecule has 1 aromatic heterocycles. The number of rotatable bonds is 5. The van der Waals surface area contributed by atoms with Crippen molar-refractivity contribution in [3.63, 3.8) is 0 Å². The van der Waals surface area contributed by atoms with Crippen LogP contribution < -0.4 is 10.5 Å². The number of hydrogen-bond donors (Lipinski definition) is 1. The van der Waals surface area contributed by atoms with Crippen molar-refractivity contribution in [1.82, 2.24) is 14.7 Å². The normalized spacial score (nSPS) is 17.6. The minimum Gasteiger partial charge on any atom is -0.493 e. The van der Waals surface area contributed by atoms with Crippen LogP contribution in [-0.4, -0.2) is 53.2 Å². The molecule has 6 heteroatoms. The van der Waals surface area contributed by atoms with E-state index in [1.165, 1.54) is 0 Å². The summed E-state index contributed by atoms with van der Waals surface area (Å²) in [5, 5.41) is 4.16. The molecular formula is C13H22N4O2. The van der Waals surface area contributed by atoms with Crippen molar-refractivity contribution < 1.29 is 9.53 Å². The molecule has 2 heterocycles. The van der Waals surface area contributed by atoms with Gasteiger partial charge in [0.1, 0.15) is 5.69 Å². The summed E-state index contributed by atoms with van der Waals surface area (Å²) in [5.74, 6) is 0.618. The van der Waals surface area contributed by atoms with E-state index < -0.39 is 0 Å². The second kappa shape index (κ2) is 6.16. The Morgan fingerprint density at radius 2 is 2.21 bits per heavy atom. The molecule has 0 unspecified atom stereocenters. The second-order valence-electron chi connectivity index (χ2n) is 4.91. The number of likely N-dealkylation sites (tertiary alicyclic amines) is 1. The molecule has 1 aliphatic heterocycles. The van der Waals surface area contributed by atoms with E-state index in [4.69, 9.17) is 10.5 Å². The number of ether oxygens (including phenoxy) is 1. The number of aryl methyl sites for hydroxylation is 1. The summed E-state index contributed by atoms with van der Waals surface area (Å²) >= 11 is 0. The van der Waals surface area contributed by atoms with Gasteiger partial charge in [-0.05, 0) is 19.8 Å². The molecule has 19 heavy (non-hydrogen) atoms. The maximum atomic E-state index is 12.4. The first kappa shape index (κ1) is 14.0. The average molecular weight is 266 g/mol. The highest BCUT2D eigenvalue weighted by atomic mass is 16.5. The minimum atomic E-state index is 0.0617. The van der Waals surface area contributed by atoms with E-state index >= 15 is 0 Å². The van der Waals surface area contributed by atoms with Crippen LogP contribution in [0.25, 0.3) is 0 Å². The van der Waals surface area contributed by atoms with Crippen LogP contribution in [0.5, 0.6) is 5.75 Å². The molecule has 106 valence electrons. The van der Waals surface area contributed by atoms with Crippen LogP contribution >= 0.6 is 0 Å². The van der Waals surface area contributed by atoms with Crippen molar-refractivity contribution in [3.05, 3.63) is 11.9 Å². The zero-order valence-corrected chi connectivity index (χ0v) is 11.6. The predicted octanol–water partition coefficient (Wildman–Crippen LogP) is 0.517. The fourth-order valence-corrected chi connectivity index (χ4v) is 2.43. The Kier molecular flexibility index (Phi) is 4.55. The zero-order valence-electron chi connectivity index (χ0n) is 11.6. The van der Waals surface area contributed by atoms with Crippen LogP contribution in [0.4, 0.5) is 0 Å². The molecule has 0 saturated carbocycles. The van der Waals surface area contributed by atoms with E-state index in [2.05, 4.69) is 10.00 Å². The molecule has 1 saturated heterocycles. The van der Waals surface area contributed by atoms with Crippen molar-refractivity contribution in [2.45, 2.75) is 32.4 Å². The summed E-state index contributed by atoms with van der Waals surface area (Å²) in [5.41, 5.74) is 6.44. The number of piperidine rings is 1. The van der Waals surface area contributed by atoms with E-state index in [1.807, 2.05) is 6.92 Å². The maximum Gasteiger partial charge on any atom is 0.198 e. The number of carbonyl (C=O) groups is 1. The van der Waals surface area contributed by atoms with Gasteiger partial charge in [-0.15, -0.1) is 0 Å². The Hall–Kier alpha value is -1.40. The summed E-state index contributed by atoms with van der Waals surface area (Å²) < 4.78 is 6.90. The first-order valence-electron chi connectivity index (χ1n) is 6.76. The number of carbonyl (C=O) groups excluding carboxylic acids is 1. The van der Waals surface area contributed by atoms with E-state index in [1.54, 1.807) is 18.0 Å². The van der Waals surface area contributed by atoms with E-state index in [-0.39, 0.29) is 11.8 Å². The largest absolute Gasteiger partial charge is 0.493 e. The van der Waals surface area contributed by atoms with Gasteiger partial charge in [0.05, 0.1) is 19.9 Å². The minimum absolute atomic E-state index is 0.0617. The fraction of sp³-hybridized carbons (Fsp3) is 0.692. The molecule has 0 radical (unpaired) electrons. The number of aromatic nitrogens is 2. The number of nitrogens with zero attached hydrogens (tertiary/aromatic N) is 3. The Labute approximate surface area is 113 Å². The van der Waals surface area contributed by atoms with Gasteiger partial charge >= 0.3 is 0 Å². The number of nitrogens with two attached hydrogens (primary N) is 1. The van der Waals surface area contributed by atoms with Crippen LogP contribution in [0.1, 0.15) is 30.3 Å². The lowest BCUT2D eigenvalue weighted by molar-refractivity contribution is 0.0896. The highest BCUT2D eigenvalue weighted by Crippen LogP contribution is 2.19. The summed E-state index contributed by atoms with van der Waals surface area (Å²) in [7, 11) is 1.56. The fourth-order valence-electron chi connectivity index (χ4n) is 2.43. The molecule has 0 spiro atoms. The van der Waals surface area contributed by atoms with Crippen LogP contribution in [0.15, 0.2) is 6.20 Å². The molecule has 1 fully saturated rings. The smallest absolute Gasteiger partial charge is 0.198 e. The molecule has 0 bridgehead atoms. The van der Waals surface area contributed by atoms with E-state index in [0.29, 0.717) is 24.5 Å². The van der Waals surface area contributed by atoms with Gasteiger partial charge in [-0.3, -0.25) is 14.4 Å². The number of hydrogen-bond acceptors (Lipinski definition) is 5. The highest BCUT2D eigenvalue weighted by molar-refractivity contribution is 5.98. The third kappa shape index (κ3) is 3.13. The molecule has 6 nitrogen and oxygen atoms in total. The molecule has 0 amide bonds. The SMILES string of the molecule is CCn1ncc(OC)c1C(=O)CN1CCC(N)CC1. The lowest BCUT2D eigenvalue weighted by Gasteiger charge is -2.29.